The van der Waals surface area contributed by atoms with E-state index in [1.54, 1.807) is 35.0 Å². The van der Waals surface area contributed by atoms with Crippen LogP contribution in [-0.2, 0) is 6.54 Å². The molecule has 0 unspecified atom stereocenters. The molecule has 0 atom stereocenters. The Labute approximate surface area is 98.4 Å². The van der Waals surface area contributed by atoms with Gasteiger partial charge in [0, 0.05) is 12.7 Å². The number of methoxy groups -OCH3 is 1. The van der Waals surface area contributed by atoms with Crippen LogP contribution in [-0.4, -0.2) is 18.0 Å². The molecule has 1 aromatic heterocycles. The van der Waals surface area contributed by atoms with Gasteiger partial charge in [0.25, 0.3) is 0 Å². The second-order valence-electron chi connectivity index (χ2n) is 3.65. The number of nitrogens with zero attached hydrogens (tertiary/aromatic N) is 1. The Kier molecular flexibility index (Phi) is 3.23. The van der Waals surface area contributed by atoms with Crippen molar-refractivity contribution in [2.45, 2.75) is 6.54 Å². The van der Waals surface area contributed by atoms with Crippen LogP contribution >= 0.6 is 0 Å². The molecule has 0 aliphatic rings. The molecule has 0 N–H and O–H groups in total. The molecule has 4 heteroatoms. The van der Waals surface area contributed by atoms with Crippen LogP contribution in [0.2, 0.25) is 0 Å². The quantitative estimate of drug-likeness (QED) is 0.760. The number of hydrogen-bond donors (Lipinski definition) is 0. The highest BCUT2D eigenvalue weighted by molar-refractivity contribution is 5.72. The van der Waals surface area contributed by atoms with Gasteiger partial charge < -0.3 is 9.30 Å². The first-order valence-corrected chi connectivity index (χ1v) is 5.17. The highest BCUT2D eigenvalue weighted by Gasteiger charge is 2.05. The highest BCUT2D eigenvalue weighted by atomic mass is 19.1. The Hall–Kier alpha value is -2.10. The molecule has 0 aliphatic heterocycles. The predicted octanol–water partition coefficient (Wildman–Crippen LogP) is 2.50. The van der Waals surface area contributed by atoms with Crippen LogP contribution in [0.25, 0.3) is 0 Å². The van der Waals surface area contributed by atoms with E-state index < -0.39 is 5.82 Å². The van der Waals surface area contributed by atoms with Crippen LogP contribution in [0.15, 0.2) is 36.5 Å². The molecular weight excluding hydrogens is 221 g/mol. The second-order valence-corrected chi connectivity index (χ2v) is 3.65. The molecule has 0 saturated carbocycles. The number of benzene rings is 1. The lowest BCUT2D eigenvalue weighted by Crippen LogP contribution is -2.02. The minimum atomic E-state index is -0.398. The summed E-state index contributed by atoms with van der Waals surface area (Å²) in [7, 11) is 1.43. The molecular formula is C13H12FNO2. The fourth-order valence-electron chi connectivity index (χ4n) is 1.68. The number of ether oxygens (including phenoxy) is 1. The van der Waals surface area contributed by atoms with Crippen LogP contribution in [0, 0.1) is 5.82 Å². The van der Waals surface area contributed by atoms with Crippen LogP contribution < -0.4 is 4.74 Å². The Morgan fingerprint density at radius 3 is 2.88 bits per heavy atom. The summed E-state index contributed by atoms with van der Waals surface area (Å²) >= 11 is 0. The lowest BCUT2D eigenvalue weighted by molar-refractivity contribution is 0.111. The summed E-state index contributed by atoms with van der Waals surface area (Å²) in [6.07, 6.45) is 2.56. The minimum absolute atomic E-state index is 0.219. The van der Waals surface area contributed by atoms with E-state index in [0.717, 1.165) is 11.8 Å². The largest absolute Gasteiger partial charge is 0.494 e. The number of carbonyl (C=O) groups is 1. The topological polar surface area (TPSA) is 31.2 Å². The van der Waals surface area contributed by atoms with Gasteiger partial charge in [-0.2, -0.15) is 0 Å². The van der Waals surface area contributed by atoms with Crippen LogP contribution in [0.1, 0.15) is 16.1 Å². The first-order valence-electron chi connectivity index (χ1n) is 5.17. The van der Waals surface area contributed by atoms with Gasteiger partial charge in [0.15, 0.2) is 17.9 Å². The Morgan fingerprint density at radius 2 is 2.24 bits per heavy atom. The van der Waals surface area contributed by atoms with Gasteiger partial charge in [-0.3, -0.25) is 4.79 Å². The summed E-state index contributed by atoms with van der Waals surface area (Å²) in [5.41, 5.74) is 1.35. The van der Waals surface area contributed by atoms with Crippen molar-refractivity contribution < 1.29 is 13.9 Å². The maximum Gasteiger partial charge on any atom is 0.166 e. The smallest absolute Gasteiger partial charge is 0.166 e. The summed E-state index contributed by atoms with van der Waals surface area (Å²) < 4.78 is 20.1. The zero-order valence-electron chi connectivity index (χ0n) is 9.39. The standard InChI is InChI=1S/C13H12FNO2/c1-17-13-5-4-10(7-12(13)14)8-15-6-2-3-11(15)9-16/h2-7,9H,8H2,1H3. The molecule has 0 bridgehead atoms. The number of aldehydes is 1. The van der Waals surface area contributed by atoms with Gasteiger partial charge >= 0.3 is 0 Å². The van der Waals surface area contributed by atoms with Gasteiger partial charge in [-0.25, -0.2) is 4.39 Å². The van der Waals surface area contributed by atoms with E-state index in [-0.39, 0.29) is 5.75 Å². The van der Waals surface area contributed by atoms with Crippen molar-refractivity contribution in [2.24, 2.45) is 0 Å². The van der Waals surface area contributed by atoms with Crippen molar-refractivity contribution in [1.82, 2.24) is 4.57 Å². The van der Waals surface area contributed by atoms with Gasteiger partial charge in [0.05, 0.1) is 12.8 Å². The number of aromatic nitrogens is 1. The van der Waals surface area contributed by atoms with Crippen LogP contribution in [0.3, 0.4) is 0 Å². The Balaban J connectivity index is 2.24. The first-order chi connectivity index (χ1) is 8.24. The molecule has 2 rings (SSSR count). The van der Waals surface area contributed by atoms with E-state index in [4.69, 9.17) is 4.74 Å². The van der Waals surface area contributed by atoms with Crippen molar-refractivity contribution >= 4 is 6.29 Å². The number of halogens is 1. The fourth-order valence-corrected chi connectivity index (χ4v) is 1.68. The Morgan fingerprint density at radius 1 is 1.41 bits per heavy atom. The molecule has 0 amide bonds. The normalized spacial score (nSPS) is 10.2. The number of hydrogen-bond acceptors (Lipinski definition) is 2. The summed E-state index contributed by atoms with van der Waals surface area (Å²) in [4.78, 5) is 10.7. The monoisotopic (exact) mass is 233 g/mol. The molecule has 0 fully saturated rings. The van der Waals surface area contributed by atoms with Crippen molar-refractivity contribution in [3.05, 3.63) is 53.6 Å². The second kappa shape index (κ2) is 4.82. The predicted molar refractivity (Wildman–Crippen MR) is 61.9 cm³/mol. The molecule has 17 heavy (non-hydrogen) atoms. The summed E-state index contributed by atoms with van der Waals surface area (Å²) in [5.74, 6) is -0.179. The van der Waals surface area contributed by atoms with Crippen molar-refractivity contribution in [3.8, 4) is 5.75 Å². The Bertz CT molecular complexity index is 534. The minimum Gasteiger partial charge on any atom is -0.494 e. The molecule has 2 aromatic rings. The maximum absolute atomic E-state index is 13.5. The lowest BCUT2D eigenvalue weighted by atomic mass is 10.2. The molecule has 3 nitrogen and oxygen atoms in total. The fraction of sp³-hybridized carbons (Fsp3) is 0.154. The summed E-state index contributed by atoms with van der Waals surface area (Å²) in [5, 5.41) is 0. The van der Waals surface area contributed by atoms with Crippen LogP contribution in [0.5, 0.6) is 5.75 Å². The zero-order chi connectivity index (χ0) is 12.3. The third-order valence-electron chi connectivity index (χ3n) is 2.55. The average Bonchev–Trinajstić information content (AvgIpc) is 2.76. The average molecular weight is 233 g/mol. The molecule has 0 aliphatic carbocycles. The zero-order valence-corrected chi connectivity index (χ0v) is 9.39. The molecule has 1 aromatic carbocycles. The molecule has 0 radical (unpaired) electrons. The third kappa shape index (κ3) is 2.36. The van der Waals surface area contributed by atoms with Crippen molar-refractivity contribution in [2.75, 3.05) is 7.11 Å². The number of carbonyl (C=O) groups excluding carboxylic acids is 1. The van der Waals surface area contributed by atoms with E-state index in [1.165, 1.54) is 13.2 Å². The van der Waals surface area contributed by atoms with Gasteiger partial charge in [0.2, 0.25) is 0 Å². The van der Waals surface area contributed by atoms with E-state index in [9.17, 15) is 9.18 Å². The van der Waals surface area contributed by atoms with Gasteiger partial charge in [-0.1, -0.05) is 6.07 Å². The van der Waals surface area contributed by atoms with Crippen molar-refractivity contribution in [1.29, 1.82) is 0 Å². The molecule has 1 heterocycles. The lowest BCUT2D eigenvalue weighted by Gasteiger charge is -2.07. The van der Waals surface area contributed by atoms with Gasteiger partial charge in [-0.15, -0.1) is 0 Å². The molecule has 0 saturated heterocycles. The maximum atomic E-state index is 13.5. The molecule has 0 spiro atoms. The van der Waals surface area contributed by atoms with E-state index in [0.29, 0.717) is 12.2 Å². The SMILES string of the molecule is COc1ccc(Cn2cccc2C=O)cc1F. The van der Waals surface area contributed by atoms with Crippen LogP contribution in [0.4, 0.5) is 4.39 Å². The van der Waals surface area contributed by atoms with Gasteiger partial charge in [-0.05, 0) is 29.8 Å². The van der Waals surface area contributed by atoms with Crippen molar-refractivity contribution in [3.63, 3.8) is 0 Å². The molecule has 88 valence electrons. The van der Waals surface area contributed by atoms with E-state index in [2.05, 4.69) is 0 Å². The van der Waals surface area contributed by atoms with Gasteiger partial charge in [0.1, 0.15) is 0 Å². The number of rotatable bonds is 4. The highest BCUT2D eigenvalue weighted by Crippen LogP contribution is 2.18. The van der Waals surface area contributed by atoms with E-state index >= 15 is 0 Å². The van der Waals surface area contributed by atoms with E-state index in [1.807, 2.05) is 0 Å². The summed E-state index contributed by atoms with van der Waals surface area (Å²) in [6.45, 7) is 0.460. The summed E-state index contributed by atoms with van der Waals surface area (Å²) in [6, 6.07) is 8.26. The first kappa shape index (κ1) is 11.4. The third-order valence-corrected chi connectivity index (χ3v) is 2.55.